The van der Waals surface area contributed by atoms with Crippen molar-refractivity contribution in [2.75, 3.05) is 32.6 Å². The molecule has 2 aromatic carbocycles. The van der Waals surface area contributed by atoms with Gasteiger partial charge in [-0.05, 0) is 37.4 Å². The second kappa shape index (κ2) is 9.15. The number of anilines is 1. The molecule has 0 unspecified atom stereocenters. The predicted octanol–water partition coefficient (Wildman–Crippen LogP) is 2.80. The van der Waals surface area contributed by atoms with Crippen LogP contribution in [-0.2, 0) is 27.2 Å². The SMILES string of the molecule is COC(=O)c1ccc(NC(=O)COC(=O)c2c3c(nc4ccccc24)CCN(C)C3)cc1. The highest BCUT2D eigenvalue weighted by molar-refractivity contribution is 6.06. The first kappa shape index (κ1) is 21.5. The van der Waals surface area contributed by atoms with Crippen molar-refractivity contribution < 1.29 is 23.9 Å². The van der Waals surface area contributed by atoms with Gasteiger partial charge in [-0.15, -0.1) is 0 Å². The summed E-state index contributed by atoms with van der Waals surface area (Å²) < 4.78 is 10.0. The molecule has 3 aromatic rings. The lowest BCUT2D eigenvalue weighted by molar-refractivity contribution is -0.119. The van der Waals surface area contributed by atoms with E-state index in [1.165, 1.54) is 7.11 Å². The number of para-hydroxylation sites is 1. The summed E-state index contributed by atoms with van der Waals surface area (Å²) >= 11 is 0. The van der Waals surface area contributed by atoms with E-state index >= 15 is 0 Å². The Morgan fingerprint density at radius 3 is 2.56 bits per heavy atom. The number of methoxy groups -OCH3 is 1. The zero-order valence-electron chi connectivity index (χ0n) is 17.9. The molecule has 0 fully saturated rings. The summed E-state index contributed by atoms with van der Waals surface area (Å²) in [6.07, 6.45) is 0.749. The third-order valence-electron chi connectivity index (χ3n) is 5.37. The number of aromatic nitrogens is 1. The number of nitrogens with zero attached hydrogens (tertiary/aromatic N) is 2. The molecule has 0 saturated heterocycles. The highest BCUT2D eigenvalue weighted by Crippen LogP contribution is 2.28. The Balaban J connectivity index is 1.49. The van der Waals surface area contributed by atoms with Crippen molar-refractivity contribution in [1.29, 1.82) is 0 Å². The average molecular weight is 433 g/mol. The van der Waals surface area contributed by atoms with Crippen molar-refractivity contribution in [3.8, 4) is 0 Å². The van der Waals surface area contributed by atoms with E-state index in [9.17, 15) is 14.4 Å². The predicted molar refractivity (Wildman–Crippen MR) is 118 cm³/mol. The fourth-order valence-corrected chi connectivity index (χ4v) is 3.77. The van der Waals surface area contributed by atoms with Crippen LogP contribution in [0, 0.1) is 0 Å². The molecule has 2 heterocycles. The van der Waals surface area contributed by atoms with E-state index in [4.69, 9.17) is 9.72 Å². The lowest BCUT2D eigenvalue weighted by Crippen LogP contribution is -2.30. The Labute approximate surface area is 185 Å². The Kier molecular flexibility index (Phi) is 6.13. The Hall–Kier alpha value is -3.78. The quantitative estimate of drug-likeness (QED) is 0.618. The fourth-order valence-electron chi connectivity index (χ4n) is 3.77. The third-order valence-corrected chi connectivity index (χ3v) is 5.37. The number of likely N-dealkylation sites (N-methyl/N-ethyl adjacent to an activating group) is 1. The molecule has 1 aromatic heterocycles. The van der Waals surface area contributed by atoms with Gasteiger partial charge in [0.15, 0.2) is 6.61 Å². The Morgan fingerprint density at radius 1 is 1.06 bits per heavy atom. The van der Waals surface area contributed by atoms with Crippen LogP contribution in [0.1, 0.15) is 32.0 Å². The third kappa shape index (κ3) is 4.45. The maximum Gasteiger partial charge on any atom is 0.339 e. The summed E-state index contributed by atoms with van der Waals surface area (Å²) in [6.45, 7) is 1.03. The van der Waals surface area contributed by atoms with Gasteiger partial charge in [0.25, 0.3) is 5.91 Å². The number of carbonyl (C=O) groups excluding carboxylic acids is 3. The van der Waals surface area contributed by atoms with Crippen LogP contribution < -0.4 is 5.32 Å². The number of ether oxygens (including phenoxy) is 2. The maximum absolute atomic E-state index is 13.0. The van der Waals surface area contributed by atoms with Crippen LogP contribution >= 0.6 is 0 Å². The Morgan fingerprint density at radius 2 is 1.81 bits per heavy atom. The highest BCUT2D eigenvalue weighted by atomic mass is 16.5. The number of benzene rings is 2. The molecule has 0 spiro atoms. The van der Waals surface area contributed by atoms with E-state index in [2.05, 4.69) is 15.0 Å². The molecule has 1 amide bonds. The zero-order valence-corrected chi connectivity index (χ0v) is 17.9. The standard InChI is InChI=1S/C24H23N3O5/c1-27-12-11-20-18(13-27)22(17-5-3-4-6-19(17)26-20)24(30)32-14-21(28)25-16-9-7-15(8-10-16)23(29)31-2/h3-10H,11-14H2,1-2H3,(H,25,28). The molecule has 0 bridgehead atoms. The van der Waals surface area contributed by atoms with Gasteiger partial charge in [-0.3, -0.25) is 9.78 Å². The monoisotopic (exact) mass is 433 g/mol. The lowest BCUT2D eigenvalue weighted by Gasteiger charge is -2.26. The molecule has 0 atom stereocenters. The molecule has 0 saturated carbocycles. The maximum atomic E-state index is 13.0. The molecule has 4 rings (SSSR count). The number of fused-ring (bicyclic) bond motifs is 2. The second-order valence-corrected chi connectivity index (χ2v) is 7.61. The average Bonchev–Trinajstić information content (AvgIpc) is 2.81. The lowest BCUT2D eigenvalue weighted by atomic mass is 9.96. The second-order valence-electron chi connectivity index (χ2n) is 7.61. The number of esters is 2. The Bertz CT molecular complexity index is 1190. The van der Waals surface area contributed by atoms with Gasteiger partial charge >= 0.3 is 11.9 Å². The number of rotatable bonds is 5. The van der Waals surface area contributed by atoms with Crippen molar-refractivity contribution >= 4 is 34.4 Å². The number of pyridine rings is 1. The van der Waals surface area contributed by atoms with E-state index in [0.29, 0.717) is 28.7 Å². The first-order valence-corrected chi connectivity index (χ1v) is 10.2. The smallest absolute Gasteiger partial charge is 0.339 e. The summed E-state index contributed by atoms with van der Waals surface area (Å²) in [7, 11) is 3.29. The van der Waals surface area contributed by atoms with E-state index in [1.54, 1.807) is 24.3 Å². The number of nitrogens with one attached hydrogen (secondary N) is 1. The van der Waals surface area contributed by atoms with Crippen LogP contribution in [0.25, 0.3) is 10.9 Å². The zero-order chi connectivity index (χ0) is 22.7. The van der Waals surface area contributed by atoms with Crippen molar-refractivity contribution in [3.63, 3.8) is 0 Å². The summed E-state index contributed by atoms with van der Waals surface area (Å²) in [5.74, 6) is -1.49. The van der Waals surface area contributed by atoms with Crippen LogP contribution in [0.4, 0.5) is 5.69 Å². The van der Waals surface area contributed by atoms with Gasteiger partial charge in [-0.25, -0.2) is 9.59 Å². The molecule has 8 heteroatoms. The van der Waals surface area contributed by atoms with Crippen molar-refractivity contribution in [3.05, 3.63) is 70.9 Å². The van der Waals surface area contributed by atoms with Crippen LogP contribution in [0.3, 0.4) is 0 Å². The number of amides is 1. The van der Waals surface area contributed by atoms with Gasteiger partial charge in [0, 0.05) is 41.8 Å². The molecule has 0 radical (unpaired) electrons. The summed E-state index contributed by atoms with van der Waals surface area (Å²) in [5.41, 5.74) is 3.79. The van der Waals surface area contributed by atoms with Gasteiger partial charge in [0.1, 0.15) is 0 Å². The van der Waals surface area contributed by atoms with Gasteiger partial charge in [0.05, 0.1) is 23.8 Å². The molecule has 1 N–H and O–H groups in total. The minimum absolute atomic E-state index is 0.372. The topological polar surface area (TPSA) is 97.8 Å². The van der Waals surface area contributed by atoms with Crippen molar-refractivity contribution in [1.82, 2.24) is 9.88 Å². The van der Waals surface area contributed by atoms with E-state index in [-0.39, 0.29) is 0 Å². The summed E-state index contributed by atoms with van der Waals surface area (Å²) in [5, 5.41) is 3.36. The molecule has 0 aliphatic carbocycles. The first-order valence-electron chi connectivity index (χ1n) is 10.2. The van der Waals surface area contributed by atoms with Crippen LogP contribution in [-0.4, -0.2) is 55.0 Å². The minimum atomic E-state index is -0.550. The van der Waals surface area contributed by atoms with Crippen molar-refractivity contribution in [2.45, 2.75) is 13.0 Å². The van der Waals surface area contributed by atoms with E-state index < -0.39 is 24.5 Å². The van der Waals surface area contributed by atoms with Crippen molar-refractivity contribution in [2.24, 2.45) is 0 Å². The molecular formula is C24H23N3O5. The summed E-state index contributed by atoms with van der Waals surface area (Å²) in [4.78, 5) is 43.7. The normalized spacial score (nSPS) is 13.3. The van der Waals surface area contributed by atoms with E-state index in [0.717, 1.165) is 29.7 Å². The minimum Gasteiger partial charge on any atom is -0.465 e. The van der Waals surface area contributed by atoms with Gasteiger partial charge in [-0.2, -0.15) is 0 Å². The largest absolute Gasteiger partial charge is 0.465 e. The molecular weight excluding hydrogens is 410 g/mol. The molecule has 164 valence electrons. The number of carbonyl (C=O) groups is 3. The molecule has 32 heavy (non-hydrogen) atoms. The van der Waals surface area contributed by atoms with Crippen LogP contribution in [0.2, 0.25) is 0 Å². The summed E-state index contributed by atoms with van der Waals surface area (Å²) in [6, 6.07) is 13.7. The van der Waals surface area contributed by atoms with E-state index in [1.807, 2.05) is 31.3 Å². The fraction of sp³-hybridized carbons (Fsp3) is 0.250. The van der Waals surface area contributed by atoms with Crippen LogP contribution in [0.5, 0.6) is 0 Å². The number of hydrogen-bond donors (Lipinski definition) is 1. The van der Waals surface area contributed by atoms with Gasteiger partial charge < -0.3 is 19.7 Å². The molecule has 1 aliphatic heterocycles. The molecule has 8 nitrogen and oxygen atoms in total. The number of hydrogen-bond acceptors (Lipinski definition) is 7. The van der Waals surface area contributed by atoms with Gasteiger partial charge in [-0.1, -0.05) is 18.2 Å². The van der Waals surface area contributed by atoms with Gasteiger partial charge in [0.2, 0.25) is 0 Å². The van der Waals surface area contributed by atoms with Crippen LogP contribution in [0.15, 0.2) is 48.5 Å². The first-order chi connectivity index (χ1) is 15.5. The highest BCUT2D eigenvalue weighted by Gasteiger charge is 2.25. The molecule has 1 aliphatic rings.